The van der Waals surface area contributed by atoms with E-state index in [4.69, 9.17) is 4.98 Å². The molecule has 2 amide bonds. The molecule has 1 atom stereocenters. The maximum Gasteiger partial charge on any atom is 0.227 e. The highest BCUT2D eigenvalue weighted by atomic mass is 32.1. The molecule has 1 saturated heterocycles. The quantitative estimate of drug-likeness (QED) is 0.829. The first-order chi connectivity index (χ1) is 13.9. The monoisotopic (exact) mass is 420 g/mol. The number of aryl methyl sites for hydroxylation is 1. The van der Waals surface area contributed by atoms with Gasteiger partial charge in [-0.05, 0) is 31.4 Å². The molecule has 0 radical (unpaired) electrons. The predicted octanol–water partition coefficient (Wildman–Crippen LogP) is 2.83. The van der Waals surface area contributed by atoms with Gasteiger partial charge >= 0.3 is 0 Å². The number of carbonyl (C=O) groups excluding carboxylic acids is 2. The highest BCUT2D eigenvalue weighted by Gasteiger charge is 2.29. The number of rotatable bonds is 3. The first kappa shape index (κ1) is 19.8. The lowest BCUT2D eigenvalue weighted by molar-refractivity contribution is -0.129. The molecule has 2 aliphatic rings. The number of carbonyl (C=O) groups is 2. The third-order valence-corrected chi connectivity index (χ3v) is 6.66. The summed E-state index contributed by atoms with van der Waals surface area (Å²) in [5, 5.41) is 3.63. The first-order valence-electron chi connectivity index (χ1n) is 9.65. The molecule has 6 nitrogen and oxygen atoms in total. The summed E-state index contributed by atoms with van der Waals surface area (Å²) < 4.78 is 26.4. The van der Waals surface area contributed by atoms with Crippen molar-refractivity contribution in [3.05, 3.63) is 40.4 Å². The number of benzene rings is 1. The largest absolute Gasteiger partial charge is 0.345 e. The highest BCUT2D eigenvalue weighted by Crippen LogP contribution is 2.35. The van der Waals surface area contributed by atoms with Crippen molar-refractivity contribution in [1.82, 2.24) is 9.88 Å². The van der Waals surface area contributed by atoms with Crippen LogP contribution in [0.4, 0.5) is 19.6 Å². The van der Waals surface area contributed by atoms with Crippen LogP contribution in [0, 0.1) is 17.6 Å². The van der Waals surface area contributed by atoms with Crippen LogP contribution in [0.25, 0.3) is 0 Å². The Labute approximate surface area is 171 Å². The summed E-state index contributed by atoms with van der Waals surface area (Å²) in [6.45, 7) is 4.49. The SMILES string of the molecule is CC(=O)N1CCN(c2nc3c(s2)CC(C(=O)Nc2ccc(F)c(F)c2)CC3)CC1. The van der Waals surface area contributed by atoms with Crippen LogP contribution in [0.2, 0.25) is 0 Å². The standard InChI is InChI=1S/C20H22F2N4O2S/c1-12(27)25-6-8-26(9-7-25)20-24-17-5-2-13(10-18(17)29-20)19(28)23-14-3-4-15(21)16(22)11-14/h3-4,11,13H,2,5-10H2,1H3,(H,23,28). The summed E-state index contributed by atoms with van der Waals surface area (Å²) in [5.74, 6) is -2.24. The van der Waals surface area contributed by atoms with E-state index in [-0.39, 0.29) is 23.4 Å². The van der Waals surface area contributed by atoms with Gasteiger partial charge in [0.2, 0.25) is 11.8 Å². The zero-order valence-electron chi connectivity index (χ0n) is 16.1. The predicted molar refractivity (Wildman–Crippen MR) is 107 cm³/mol. The fraction of sp³-hybridized carbons (Fsp3) is 0.450. The third-order valence-electron chi connectivity index (χ3n) is 5.48. The molecule has 1 aliphatic carbocycles. The number of amides is 2. The van der Waals surface area contributed by atoms with Crippen LogP contribution in [0.5, 0.6) is 0 Å². The number of piperazine rings is 1. The van der Waals surface area contributed by atoms with E-state index in [1.807, 2.05) is 4.90 Å². The fourth-order valence-corrected chi connectivity index (χ4v) is 4.99. The van der Waals surface area contributed by atoms with Crippen molar-refractivity contribution >= 4 is 34.0 Å². The molecule has 1 fully saturated rings. The minimum Gasteiger partial charge on any atom is -0.345 e. The first-order valence-corrected chi connectivity index (χ1v) is 10.5. The van der Waals surface area contributed by atoms with Crippen LogP contribution in [-0.4, -0.2) is 47.9 Å². The lowest BCUT2D eigenvalue weighted by atomic mass is 9.90. The molecular formula is C20H22F2N4O2S. The molecule has 1 aliphatic heterocycles. The van der Waals surface area contributed by atoms with Crippen LogP contribution >= 0.6 is 11.3 Å². The van der Waals surface area contributed by atoms with E-state index >= 15 is 0 Å². The number of aromatic nitrogens is 1. The third kappa shape index (κ3) is 4.24. The molecule has 2 heterocycles. The minimum absolute atomic E-state index is 0.0953. The average molecular weight is 420 g/mol. The van der Waals surface area contributed by atoms with Gasteiger partial charge in [0.1, 0.15) is 0 Å². The maximum absolute atomic E-state index is 13.4. The molecule has 0 bridgehead atoms. The Morgan fingerprint density at radius 2 is 1.93 bits per heavy atom. The summed E-state index contributed by atoms with van der Waals surface area (Å²) in [6.07, 6.45) is 1.98. The molecule has 0 saturated carbocycles. The van der Waals surface area contributed by atoms with Crippen molar-refractivity contribution in [2.24, 2.45) is 5.92 Å². The number of thiazole rings is 1. The second kappa shape index (κ2) is 8.06. The molecule has 0 spiro atoms. The van der Waals surface area contributed by atoms with E-state index in [0.717, 1.165) is 47.3 Å². The summed E-state index contributed by atoms with van der Waals surface area (Å²) >= 11 is 1.61. The Bertz CT molecular complexity index is 941. The number of fused-ring (bicyclic) bond motifs is 1. The van der Waals surface area contributed by atoms with Gasteiger partial charge < -0.3 is 15.1 Å². The number of nitrogens with one attached hydrogen (secondary N) is 1. The van der Waals surface area contributed by atoms with E-state index in [0.29, 0.717) is 25.9 Å². The van der Waals surface area contributed by atoms with Gasteiger partial charge in [0, 0.05) is 55.7 Å². The van der Waals surface area contributed by atoms with Crippen molar-refractivity contribution in [3.8, 4) is 0 Å². The smallest absolute Gasteiger partial charge is 0.227 e. The van der Waals surface area contributed by atoms with Crippen LogP contribution in [0.15, 0.2) is 18.2 Å². The van der Waals surface area contributed by atoms with Gasteiger partial charge in [0.25, 0.3) is 0 Å². The van der Waals surface area contributed by atoms with Gasteiger partial charge in [-0.2, -0.15) is 0 Å². The molecule has 1 unspecified atom stereocenters. The van der Waals surface area contributed by atoms with Crippen LogP contribution in [-0.2, 0) is 22.4 Å². The van der Waals surface area contributed by atoms with Crippen molar-refractivity contribution in [2.45, 2.75) is 26.2 Å². The van der Waals surface area contributed by atoms with E-state index in [9.17, 15) is 18.4 Å². The molecule has 154 valence electrons. The summed E-state index contributed by atoms with van der Waals surface area (Å²) in [4.78, 5) is 34.0. The van der Waals surface area contributed by atoms with Gasteiger partial charge in [-0.1, -0.05) is 0 Å². The van der Waals surface area contributed by atoms with E-state index in [1.54, 1.807) is 18.3 Å². The van der Waals surface area contributed by atoms with Gasteiger partial charge in [-0.15, -0.1) is 11.3 Å². The van der Waals surface area contributed by atoms with E-state index < -0.39 is 11.6 Å². The lowest BCUT2D eigenvalue weighted by Gasteiger charge is -2.33. The summed E-state index contributed by atoms with van der Waals surface area (Å²) in [5.41, 5.74) is 1.30. The lowest BCUT2D eigenvalue weighted by Crippen LogP contribution is -2.48. The molecule has 1 aromatic heterocycles. The summed E-state index contributed by atoms with van der Waals surface area (Å²) in [7, 11) is 0. The molecule has 9 heteroatoms. The van der Waals surface area contributed by atoms with E-state index in [2.05, 4.69) is 10.2 Å². The molecule has 1 N–H and O–H groups in total. The molecule has 4 rings (SSSR count). The normalized spacial score (nSPS) is 19.1. The average Bonchev–Trinajstić information content (AvgIpc) is 3.14. The second-order valence-corrected chi connectivity index (χ2v) is 8.48. The van der Waals surface area contributed by atoms with Crippen molar-refractivity contribution in [1.29, 1.82) is 0 Å². The zero-order valence-corrected chi connectivity index (χ0v) is 16.9. The van der Waals surface area contributed by atoms with Crippen LogP contribution in [0.3, 0.4) is 0 Å². The summed E-state index contributed by atoms with van der Waals surface area (Å²) in [6, 6.07) is 3.36. The molecule has 1 aromatic carbocycles. The number of hydrogen-bond acceptors (Lipinski definition) is 5. The fourth-order valence-electron chi connectivity index (χ4n) is 3.75. The molecule has 2 aromatic rings. The Kier molecular flexibility index (Phi) is 5.49. The van der Waals surface area contributed by atoms with Gasteiger partial charge in [-0.25, -0.2) is 13.8 Å². The number of hydrogen-bond donors (Lipinski definition) is 1. The van der Waals surface area contributed by atoms with Gasteiger partial charge in [0.15, 0.2) is 16.8 Å². The van der Waals surface area contributed by atoms with Crippen molar-refractivity contribution in [2.75, 3.05) is 36.4 Å². The zero-order chi connectivity index (χ0) is 20.5. The molecular weight excluding hydrogens is 398 g/mol. The van der Waals surface area contributed by atoms with Gasteiger partial charge in [0.05, 0.1) is 5.69 Å². The Morgan fingerprint density at radius 1 is 1.17 bits per heavy atom. The topological polar surface area (TPSA) is 65.5 Å². The Hall–Kier alpha value is -2.55. The maximum atomic E-state index is 13.4. The van der Waals surface area contributed by atoms with Crippen LogP contribution < -0.4 is 10.2 Å². The van der Waals surface area contributed by atoms with Crippen molar-refractivity contribution < 1.29 is 18.4 Å². The minimum atomic E-state index is -0.981. The van der Waals surface area contributed by atoms with E-state index in [1.165, 1.54) is 6.07 Å². The Morgan fingerprint density at radius 3 is 2.62 bits per heavy atom. The highest BCUT2D eigenvalue weighted by molar-refractivity contribution is 7.15. The number of halogens is 2. The van der Waals surface area contributed by atoms with Crippen LogP contribution in [0.1, 0.15) is 23.9 Å². The Balaban J connectivity index is 1.39. The molecule has 29 heavy (non-hydrogen) atoms. The van der Waals surface area contributed by atoms with Gasteiger partial charge in [-0.3, -0.25) is 9.59 Å². The second-order valence-electron chi connectivity index (χ2n) is 7.42. The number of nitrogens with zero attached hydrogens (tertiary/aromatic N) is 3. The number of anilines is 2. The van der Waals surface area contributed by atoms with Crippen molar-refractivity contribution in [3.63, 3.8) is 0 Å².